The second kappa shape index (κ2) is 12.1. The van der Waals surface area contributed by atoms with Crippen molar-refractivity contribution in [1.82, 2.24) is 9.97 Å². The van der Waals surface area contributed by atoms with E-state index in [4.69, 9.17) is 0 Å². The summed E-state index contributed by atoms with van der Waals surface area (Å²) in [6.45, 7) is 4.54. The highest BCUT2D eigenvalue weighted by molar-refractivity contribution is 5.55. The van der Waals surface area contributed by atoms with Crippen LogP contribution in [0.2, 0.25) is 0 Å². The summed E-state index contributed by atoms with van der Waals surface area (Å²) in [6.07, 6.45) is 21.6. The summed E-state index contributed by atoms with van der Waals surface area (Å²) in [4.78, 5) is 9.29. The van der Waals surface area contributed by atoms with Gasteiger partial charge in [0.2, 0.25) is 0 Å². The van der Waals surface area contributed by atoms with Gasteiger partial charge in [0.15, 0.2) is 5.82 Å². The van der Waals surface area contributed by atoms with Crippen LogP contribution in [0.5, 0.6) is 0 Å². The van der Waals surface area contributed by atoms with Gasteiger partial charge in [-0.2, -0.15) is 0 Å². The number of aromatic nitrogens is 2. The minimum Gasteiger partial charge on any atom is -0.236 e. The molecule has 1 aliphatic rings. The summed E-state index contributed by atoms with van der Waals surface area (Å²) in [5.41, 5.74) is 3.82. The highest BCUT2D eigenvalue weighted by atomic mass is 14.9. The normalized spacial score (nSPS) is 19.4. The lowest BCUT2D eigenvalue weighted by molar-refractivity contribution is 0.249. The van der Waals surface area contributed by atoms with E-state index in [2.05, 4.69) is 48.1 Å². The van der Waals surface area contributed by atoms with Crippen LogP contribution < -0.4 is 0 Å². The van der Waals surface area contributed by atoms with Crippen molar-refractivity contribution in [3.05, 3.63) is 47.8 Å². The highest BCUT2D eigenvalue weighted by Crippen LogP contribution is 2.34. The molecule has 0 unspecified atom stereocenters. The van der Waals surface area contributed by atoms with Gasteiger partial charge in [-0.05, 0) is 48.6 Å². The van der Waals surface area contributed by atoms with Gasteiger partial charge in [0, 0.05) is 18.0 Å². The molecule has 2 nitrogen and oxygen atoms in total. The largest absolute Gasteiger partial charge is 0.236 e. The van der Waals surface area contributed by atoms with E-state index in [0.29, 0.717) is 0 Å². The SMILES string of the molecule is CCCCC[C@H]1CC[C@H](CCc2cnc(-c3ccc(CCCC)cc3)nc2)CC1. The van der Waals surface area contributed by atoms with E-state index in [1.807, 2.05) is 12.4 Å². The van der Waals surface area contributed by atoms with Crippen molar-refractivity contribution in [2.24, 2.45) is 11.8 Å². The topological polar surface area (TPSA) is 25.8 Å². The fourth-order valence-corrected chi connectivity index (χ4v) is 4.70. The summed E-state index contributed by atoms with van der Waals surface area (Å²) in [5.74, 6) is 2.77. The van der Waals surface area contributed by atoms with Crippen LogP contribution in [0.25, 0.3) is 11.4 Å². The van der Waals surface area contributed by atoms with Crippen molar-refractivity contribution in [1.29, 1.82) is 0 Å². The van der Waals surface area contributed by atoms with Crippen LogP contribution in [0.4, 0.5) is 0 Å². The lowest BCUT2D eigenvalue weighted by Crippen LogP contribution is -2.15. The molecule has 1 fully saturated rings. The van der Waals surface area contributed by atoms with Gasteiger partial charge in [-0.3, -0.25) is 0 Å². The van der Waals surface area contributed by atoms with E-state index >= 15 is 0 Å². The van der Waals surface area contributed by atoms with Crippen molar-refractivity contribution < 1.29 is 0 Å². The number of nitrogens with zero attached hydrogens (tertiary/aromatic N) is 2. The van der Waals surface area contributed by atoms with Crippen LogP contribution in [-0.4, -0.2) is 9.97 Å². The number of rotatable bonds is 11. The van der Waals surface area contributed by atoms with Gasteiger partial charge in [0.05, 0.1) is 0 Å². The molecule has 1 aromatic heterocycles. The highest BCUT2D eigenvalue weighted by Gasteiger charge is 2.20. The average molecular weight is 393 g/mol. The Morgan fingerprint density at radius 3 is 1.93 bits per heavy atom. The summed E-state index contributed by atoms with van der Waals surface area (Å²) in [6, 6.07) is 8.78. The fourth-order valence-electron chi connectivity index (χ4n) is 4.70. The van der Waals surface area contributed by atoms with E-state index < -0.39 is 0 Å². The van der Waals surface area contributed by atoms with Gasteiger partial charge < -0.3 is 0 Å². The quantitative estimate of drug-likeness (QED) is 0.364. The Morgan fingerprint density at radius 1 is 0.690 bits per heavy atom. The Hall–Kier alpha value is -1.70. The molecule has 0 atom stereocenters. The molecule has 0 aliphatic heterocycles. The van der Waals surface area contributed by atoms with Gasteiger partial charge in [0.1, 0.15) is 0 Å². The molecule has 0 saturated heterocycles. The lowest BCUT2D eigenvalue weighted by Gasteiger charge is -2.28. The van der Waals surface area contributed by atoms with Crippen LogP contribution in [-0.2, 0) is 12.8 Å². The van der Waals surface area contributed by atoms with Gasteiger partial charge in [-0.25, -0.2) is 9.97 Å². The summed E-state index contributed by atoms with van der Waals surface area (Å²) < 4.78 is 0. The van der Waals surface area contributed by atoms with Crippen LogP contribution >= 0.6 is 0 Å². The first kappa shape index (κ1) is 22.0. The van der Waals surface area contributed by atoms with Gasteiger partial charge >= 0.3 is 0 Å². The van der Waals surface area contributed by atoms with Gasteiger partial charge in [-0.1, -0.05) is 95.9 Å². The molecule has 1 aliphatic carbocycles. The summed E-state index contributed by atoms with van der Waals surface area (Å²) in [7, 11) is 0. The first-order valence-electron chi connectivity index (χ1n) is 12.2. The third kappa shape index (κ3) is 7.24. The van der Waals surface area contributed by atoms with Gasteiger partial charge in [0.25, 0.3) is 0 Å². The van der Waals surface area contributed by atoms with Gasteiger partial charge in [-0.15, -0.1) is 0 Å². The summed E-state index contributed by atoms with van der Waals surface area (Å²) in [5, 5.41) is 0. The van der Waals surface area contributed by atoms with E-state index in [1.54, 1.807) is 0 Å². The zero-order valence-electron chi connectivity index (χ0n) is 18.7. The zero-order chi connectivity index (χ0) is 20.3. The predicted molar refractivity (Wildman–Crippen MR) is 124 cm³/mol. The molecule has 158 valence electrons. The monoisotopic (exact) mass is 392 g/mol. The Labute approximate surface area is 178 Å². The first-order valence-corrected chi connectivity index (χ1v) is 12.2. The molecule has 0 amide bonds. The Balaban J connectivity index is 1.42. The smallest absolute Gasteiger partial charge is 0.159 e. The Bertz CT molecular complexity index is 681. The molecule has 2 aromatic rings. The van der Waals surface area contributed by atoms with E-state index in [-0.39, 0.29) is 0 Å². The average Bonchev–Trinajstić information content (AvgIpc) is 2.78. The Kier molecular flexibility index (Phi) is 9.18. The first-order chi connectivity index (χ1) is 14.3. The minimum absolute atomic E-state index is 0.850. The maximum atomic E-state index is 4.65. The fraction of sp³-hybridized carbons (Fsp3) is 0.630. The van der Waals surface area contributed by atoms with Crippen LogP contribution in [0.3, 0.4) is 0 Å². The van der Waals surface area contributed by atoms with Crippen LogP contribution in [0, 0.1) is 11.8 Å². The molecule has 0 N–H and O–H groups in total. The Morgan fingerprint density at radius 2 is 1.31 bits per heavy atom. The molecule has 29 heavy (non-hydrogen) atoms. The van der Waals surface area contributed by atoms with Crippen LogP contribution in [0.1, 0.15) is 95.6 Å². The third-order valence-corrected chi connectivity index (χ3v) is 6.76. The van der Waals surface area contributed by atoms with E-state index in [0.717, 1.165) is 36.1 Å². The standard InChI is InChI=1S/C27H40N2/c1-3-5-7-9-23-10-12-24(13-11-23)14-15-25-20-28-27(29-21-25)26-18-16-22(17-19-26)8-6-4-2/h16-21,23-24H,3-15H2,1-2H3/t23-,24-. The van der Waals surface area contributed by atoms with Crippen molar-refractivity contribution in [2.75, 3.05) is 0 Å². The van der Waals surface area contributed by atoms with Crippen molar-refractivity contribution in [2.45, 2.75) is 97.3 Å². The molecule has 1 heterocycles. The van der Waals surface area contributed by atoms with Crippen molar-refractivity contribution >= 4 is 0 Å². The molecule has 2 heteroatoms. The molecule has 0 radical (unpaired) electrons. The van der Waals surface area contributed by atoms with Crippen molar-refractivity contribution in [3.63, 3.8) is 0 Å². The number of aryl methyl sites for hydroxylation is 2. The van der Waals surface area contributed by atoms with E-state index in [9.17, 15) is 0 Å². The number of hydrogen-bond acceptors (Lipinski definition) is 2. The number of benzene rings is 1. The summed E-state index contributed by atoms with van der Waals surface area (Å²) >= 11 is 0. The lowest BCUT2D eigenvalue weighted by atomic mass is 9.78. The molecule has 3 rings (SSSR count). The number of unbranched alkanes of at least 4 members (excludes halogenated alkanes) is 3. The maximum absolute atomic E-state index is 4.65. The third-order valence-electron chi connectivity index (χ3n) is 6.76. The van der Waals surface area contributed by atoms with Crippen molar-refractivity contribution in [3.8, 4) is 11.4 Å². The molecule has 0 bridgehead atoms. The van der Waals surface area contributed by atoms with Crippen LogP contribution in [0.15, 0.2) is 36.7 Å². The predicted octanol–water partition coefficient (Wildman–Crippen LogP) is 7.81. The molecule has 1 aromatic carbocycles. The maximum Gasteiger partial charge on any atom is 0.159 e. The zero-order valence-corrected chi connectivity index (χ0v) is 18.7. The molecule has 1 saturated carbocycles. The van der Waals surface area contributed by atoms with E-state index in [1.165, 1.54) is 81.8 Å². The molecule has 0 spiro atoms. The minimum atomic E-state index is 0.850. The number of hydrogen-bond donors (Lipinski definition) is 0. The second-order valence-electron chi connectivity index (χ2n) is 9.14. The second-order valence-corrected chi connectivity index (χ2v) is 9.14. The molecular formula is C27H40N2. The molecular weight excluding hydrogens is 352 g/mol.